The van der Waals surface area contributed by atoms with Crippen molar-refractivity contribution >= 4 is 58.8 Å². The molecule has 194 valence electrons. The number of rotatable bonds is 8. The third-order valence-electron chi connectivity index (χ3n) is 8.55. The maximum absolute atomic E-state index is 13.6. The van der Waals surface area contributed by atoms with E-state index in [1.807, 2.05) is 12.1 Å². The molecule has 2 aliphatic carbocycles. The van der Waals surface area contributed by atoms with Gasteiger partial charge in [-0.3, -0.25) is 29.4 Å². The van der Waals surface area contributed by atoms with Crippen LogP contribution in [0.3, 0.4) is 0 Å². The number of non-ortho nitro benzene ring substituents is 1. The standard InChI is InChI=1S/C25H25N3O6S3/c29-15(30)4-2-1-3-9-27-23(31)18-13-10-14(19(18)24(27)32)20-17(13)16(21-22(36-20)26-25(35)37-21)11-5-7-12(8-6-11)28(33)34/h5-8,13-14,16-20H,1-4,9-10H2,(H,26,35)(H,29,30)/t13-,14+,16+,17+,18+,19+,20+/m0/s1. The number of carbonyl (C=O) groups is 3. The SMILES string of the molecule is O=C(O)CCCCCN1C(=O)[C@@H]2[C@H]3C[C@@H]([C@H]4Sc5[nH]c(=S)sc5[C@H](c5ccc([N+](=O)[O-])cc5)[C@@H]34)[C@H]2C1=O. The van der Waals surface area contributed by atoms with Crippen molar-refractivity contribution < 1.29 is 24.4 Å². The molecule has 1 aromatic heterocycles. The van der Waals surface area contributed by atoms with Crippen LogP contribution in [0.2, 0.25) is 0 Å². The molecule has 7 atom stereocenters. The van der Waals surface area contributed by atoms with E-state index < -0.39 is 10.9 Å². The largest absolute Gasteiger partial charge is 0.481 e. The molecule has 2 aromatic rings. The summed E-state index contributed by atoms with van der Waals surface area (Å²) in [5.74, 6) is -1.37. The van der Waals surface area contributed by atoms with Gasteiger partial charge in [-0.05, 0) is 54.8 Å². The number of nitrogens with one attached hydrogen (secondary N) is 1. The fourth-order valence-corrected chi connectivity index (χ4v) is 10.5. The maximum Gasteiger partial charge on any atom is 0.303 e. The predicted octanol–water partition coefficient (Wildman–Crippen LogP) is 4.83. The lowest BCUT2D eigenvalue weighted by Crippen LogP contribution is -2.42. The number of H-pyrrole nitrogens is 1. The monoisotopic (exact) mass is 559 g/mol. The summed E-state index contributed by atoms with van der Waals surface area (Å²) in [5.41, 5.74) is 1.01. The molecule has 3 fully saturated rings. The summed E-state index contributed by atoms with van der Waals surface area (Å²) in [5, 5.41) is 21.2. The minimum absolute atomic E-state index is 0.0379. The number of aromatic amines is 1. The molecular weight excluding hydrogens is 534 g/mol. The van der Waals surface area contributed by atoms with Crippen LogP contribution in [0.25, 0.3) is 0 Å². The molecule has 4 aliphatic rings. The van der Waals surface area contributed by atoms with Crippen LogP contribution in [0, 0.1) is 43.7 Å². The van der Waals surface area contributed by atoms with Crippen molar-refractivity contribution in [2.24, 2.45) is 29.6 Å². The lowest BCUT2D eigenvalue weighted by atomic mass is 9.68. The summed E-state index contributed by atoms with van der Waals surface area (Å²) in [6.45, 7) is 0.346. The smallest absolute Gasteiger partial charge is 0.303 e. The highest BCUT2D eigenvalue weighted by Gasteiger charge is 2.69. The van der Waals surface area contributed by atoms with E-state index in [0.29, 0.717) is 29.8 Å². The Balaban J connectivity index is 1.29. The van der Waals surface area contributed by atoms with E-state index in [9.17, 15) is 24.5 Å². The number of aromatic nitrogens is 1. The zero-order valence-corrected chi connectivity index (χ0v) is 22.2. The molecule has 2 bridgehead atoms. The number of carboxylic acid groups (broad SMARTS) is 1. The van der Waals surface area contributed by atoms with E-state index in [1.54, 1.807) is 11.8 Å². The van der Waals surface area contributed by atoms with Crippen LogP contribution in [-0.2, 0) is 14.4 Å². The van der Waals surface area contributed by atoms with Gasteiger partial charge in [-0.15, -0.1) is 23.1 Å². The predicted molar refractivity (Wildman–Crippen MR) is 139 cm³/mol. The van der Waals surface area contributed by atoms with Crippen LogP contribution in [0.15, 0.2) is 29.3 Å². The number of hydrogen-bond acceptors (Lipinski definition) is 8. The summed E-state index contributed by atoms with van der Waals surface area (Å²) in [6.07, 6.45) is 2.73. The number of nitro benzene ring substituents is 1. The van der Waals surface area contributed by atoms with Crippen molar-refractivity contribution in [3.05, 3.63) is 48.8 Å². The zero-order chi connectivity index (χ0) is 26.0. The minimum atomic E-state index is -0.837. The van der Waals surface area contributed by atoms with Crippen LogP contribution in [-0.4, -0.2) is 49.5 Å². The molecule has 1 aromatic carbocycles. The number of carboxylic acids is 1. The zero-order valence-electron chi connectivity index (χ0n) is 19.7. The number of carbonyl (C=O) groups excluding carboxylic acids is 2. The molecule has 9 nitrogen and oxygen atoms in total. The van der Waals surface area contributed by atoms with Crippen molar-refractivity contribution in [3.8, 4) is 0 Å². The van der Waals surface area contributed by atoms with Gasteiger partial charge >= 0.3 is 5.97 Å². The molecule has 0 radical (unpaired) electrons. The van der Waals surface area contributed by atoms with Crippen molar-refractivity contribution in [2.45, 2.75) is 48.3 Å². The van der Waals surface area contributed by atoms with E-state index in [1.165, 1.54) is 28.4 Å². The first-order chi connectivity index (χ1) is 17.8. The Morgan fingerprint density at radius 3 is 2.51 bits per heavy atom. The summed E-state index contributed by atoms with van der Waals surface area (Å²) in [6, 6.07) is 6.70. The van der Waals surface area contributed by atoms with Gasteiger partial charge in [-0.2, -0.15) is 0 Å². The fraction of sp³-hybridized carbons (Fsp3) is 0.520. The average molecular weight is 560 g/mol. The van der Waals surface area contributed by atoms with Gasteiger partial charge in [0.2, 0.25) is 11.8 Å². The number of likely N-dealkylation sites (tertiary alicyclic amines) is 1. The third-order valence-corrected chi connectivity index (χ3v) is 11.5. The molecule has 12 heteroatoms. The molecule has 3 heterocycles. The van der Waals surface area contributed by atoms with Crippen LogP contribution >= 0.6 is 35.3 Å². The number of nitro groups is 1. The van der Waals surface area contributed by atoms with Crippen LogP contribution in [0.4, 0.5) is 5.69 Å². The number of nitrogens with zero attached hydrogens (tertiary/aromatic N) is 2. The van der Waals surface area contributed by atoms with Crippen LogP contribution in [0.5, 0.6) is 0 Å². The molecule has 37 heavy (non-hydrogen) atoms. The van der Waals surface area contributed by atoms with Crippen LogP contribution in [0.1, 0.15) is 48.5 Å². The minimum Gasteiger partial charge on any atom is -0.481 e. The van der Waals surface area contributed by atoms with Gasteiger partial charge < -0.3 is 10.1 Å². The summed E-state index contributed by atoms with van der Waals surface area (Å²) < 4.78 is 0.679. The average Bonchev–Trinajstić information content (AvgIpc) is 3.58. The first kappa shape index (κ1) is 24.7. The summed E-state index contributed by atoms with van der Waals surface area (Å²) >= 11 is 8.73. The second-order valence-electron chi connectivity index (χ2n) is 10.3. The first-order valence-corrected chi connectivity index (χ1v) is 14.6. The number of amides is 2. The van der Waals surface area contributed by atoms with E-state index in [-0.39, 0.29) is 64.7 Å². The van der Waals surface area contributed by atoms with E-state index in [0.717, 1.165) is 21.9 Å². The molecule has 1 saturated heterocycles. The number of aliphatic carboxylic acids is 1. The third kappa shape index (κ3) is 3.95. The first-order valence-electron chi connectivity index (χ1n) is 12.5. The van der Waals surface area contributed by atoms with Gasteiger partial charge in [-0.1, -0.05) is 18.6 Å². The molecule has 2 aliphatic heterocycles. The summed E-state index contributed by atoms with van der Waals surface area (Å²) in [4.78, 5) is 54.4. The Kier molecular flexibility index (Phi) is 6.23. The maximum atomic E-state index is 13.6. The van der Waals surface area contributed by atoms with Gasteiger partial charge in [0.05, 0.1) is 21.8 Å². The fourth-order valence-electron chi connectivity index (χ4n) is 7.20. The normalized spacial score (nSPS) is 31.4. The Morgan fingerprint density at radius 2 is 1.84 bits per heavy atom. The molecular formula is C25H25N3O6S3. The van der Waals surface area contributed by atoms with Crippen molar-refractivity contribution in [2.75, 3.05) is 6.54 Å². The second-order valence-corrected chi connectivity index (χ2v) is 13.2. The lowest BCUT2D eigenvalue weighted by molar-refractivity contribution is -0.384. The lowest BCUT2D eigenvalue weighted by Gasteiger charge is -2.43. The highest BCUT2D eigenvalue weighted by Crippen LogP contribution is 2.68. The molecule has 6 rings (SSSR count). The Hall–Kier alpha value is -2.57. The van der Waals surface area contributed by atoms with Gasteiger partial charge in [0.1, 0.15) is 0 Å². The van der Waals surface area contributed by atoms with Gasteiger partial charge in [-0.25, -0.2) is 0 Å². The number of fused-ring (bicyclic) bond motifs is 9. The van der Waals surface area contributed by atoms with Gasteiger partial charge in [0.15, 0.2) is 3.95 Å². The van der Waals surface area contributed by atoms with Crippen molar-refractivity contribution in [3.63, 3.8) is 0 Å². The van der Waals surface area contributed by atoms with Crippen molar-refractivity contribution in [1.82, 2.24) is 9.88 Å². The number of unbranched alkanes of at least 4 members (excludes halogenated alkanes) is 2. The van der Waals surface area contributed by atoms with Crippen molar-refractivity contribution in [1.29, 1.82) is 0 Å². The molecule has 0 spiro atoms. The van der Waals surface area contributed by atoms with E-state index >= 15 is 0 Å². The van der Waals surface area contributed by atoms with Crippen LogP contribution < -0.4 is 0 Å². The highest BCUT2D eigenvalue weighted by molar-refractivity contribution is 8.00. The van der Waals surface area contributed by atoms with Gasteiger partial charge in [0.25, 0.3) is 5.69 Å². The number of benzene rings is 1. The topological polar surface area (TPSA) is 134 Å². The molecule has 2 N–H and O–H groups in total. The quantitative estimate of drug-likeness (QED) is 0.154. The molecule has 0 unspecified atom stereocenters. The Labute approximate surface area is 225 Å². The molecule has 2 saturated carbocycles. The Morgan fingerprint density at radius 1 is 1.14 bits per heavy atom. The summed E-state index contributed by atoms with van der Waals surface area (Å²) in [7, 11) is 0. The Bertz CT molecular complexity index is 1350. The number of imide groups is 1. The number of hydrogen-bond donors (Lipinski definition) is 2. The molecule has 2 amide bonds. The van der Waals surface area contributed by atoms with E-state index in [4.69, 9.17) is 17.3 Å². The number of thioether (sulfide) groups is 1. The second kappa shape index (κ2) is 9.32. The van der Waals surface area contributed by atoms with E-state index in [2.05, 4.69) is 4.98 Å². The van der Waals surface area contributed by atoms with Gasteiger partial charge in [0, 0.05) is 41.1 Å². The highest BCUT2D eigenvalue weighted by atomic mass is 32.2. The number of thiazole rings is 1.